The minimum absolute atomic E-state index is 0.0366. The lowest BCUT2D eigenvalue weighted by molar-refractivity contribution is -0.132. The van der Waals surface area contributed by atoms with Gasteiger partial charge in [0.1, 0.15) is 0 Å². The third-order valence-electron chi connectivity index (χ3n) is 5.13. The first-order chi connectivity index (χ1) is 13.8. The van der Waals surface area contributed by atoms with Crippen molar-refractivity contribution in [3.8, 4) is 0 Å². The number of sulfonamides is 1. The van der Waals surface area contributed by atoms with Gasteiger partial charge in [0.25, 0.3) is 0 Å². The Kier molecular flexibility index (Phi) is 6.15. The number of primary sulfonamides is 1. The maximum atomic E-state index is 13.5. The Labute approximate surface area is 171 Å². The van der Waals surface area contributed by atoms with Crippen LogP contribution in [0.15, 0.2) is 89.8 Å². The summed E-state index contributed by atoms with van der Waals surface area (Å²) in [5.41, 5.74) is 2.67. The normalized spacial score (nSPS) is 12.6. The van der Waals surface area contributed by atoms with Crippen molar-refractivity contribution in [2.45, 2.75) is 23.8 Å². The van der Waals surface area contributed by atoms with E-state index in [0.29, 0.717) is 0 Å². The number of carbonyl (C=O) groups is 1. The smallest absolute Gasteiger partial charge is 0.238 e. The molecule has 1 amide bonds. The molecule has 0 aliphatic carbocycles. The summed E-state index contributed by atoms with van der Waals surface area (Å²) >= 11 is 0. The van der Waals surface area contributed by atoms with Gasteiger partial charge in [0, 0.05) is 7.05 Å². The van der Waals surface area contributed by atoms with Crippen molar-refractivity contribution >= 4 is 15.9 Å². The standard InChI is InChI=1S/C23H24N2O3S/c1-17(18-13-15-21(16-14-18)29(24,27)28)25(2)23(26)22(19-9-5-3-6-10-19)20-11-7-4-8-12-20/h3-17,22H,1-2H3,(H2,24,27,28)/t17-/m1/s1. The molecule has 0 bridgehead atoms. The van der Waals surface area contributed by atoms with Gasteiger partial charge in [0.15, 0.2) is 0 Å². The van der Waals surface area contributed by atoms with Crippen molar-refractivity contribution in [3.63, 3.8) is 0 Å². The van der Waals surface area contributed by atoms with Gasteiger partial charge in [-0.2, -0.15) is 0 Å². The Bertz CT molecular complexity index is 1030. The molecule has 0 heterocycles. The Morgan fingerprint density at radius 3 is 1.66 bits per heavy atom. The van der Waals surface area contributed by atoms with Crippen molar-refractivity contribution in [1.82, 2.24) is 4.90 Å². The molecule has 6 heteroatoms. The zero-order valence-electron chi connectivity index (χ0n) is 16.4. The summed E-state index contributed by atoms with van der Waals surface area (Å²) in [6.07, 6.45) is 0. The fraction of sp³-hybridized carbons (Fsp3) is 0.174. The molecule has 0 aromatic heterocycles. The van der Waals surface area contributed by atoms with Crippen molar-refractivity contribution in [2.75, 3.05) is 7.05 Å². The first kappa shape index (κ1) is 20.8. The van der Waals surface area contributed by atoms with Gasteiger partial charge >= 0.3 is 0 Å². The summed E-state index contributed by atoms with van der Waals surface area (Å²) < 4.78 is 22.9. The van der Waals surface area contributed by atoms with Crippen LogP contribution in [-0.2, 0) is 14.8 Å². The predicted octanol–water partition coefficient (Wildman–Crippen LogP) is 3.69. The van der Waals surface area contributed by atoms with E-state index in [9.17, 15) is 13.2 Å². The summed E-state index contributed by atoms with van der Waals surface area (Å²) in [5.74, 6) is -0.459. The number of nitrogens with two attached hydrogens (primary N) is 1. The highest BCUT2D eigenvalue weighted by atomic mass is 32.2. The third-order valence-corrected chi connectivity index (χ3v) is 6.06. The van der Waals surface area contributed by atoms with Crippen molar-refractivity contribution in [1.29, 1.82) is 0 Å². The average molecular weight is 409 g/mol. The van der Waals surface area contributed by atoms with Crippen LogP contribution in [0.2, 0.25) is 0 Å². The molecular weight excluding hydrogens is 384 g/mol. The molecule has 2 N–H and O–H groups in total. The zero-order valence-corrected chi connectivity index (χ0v) is 17.2. The van der Waals surface area contributed by atoms with E-state index in [2.05, 4.69) is 0 Å². The Morgan fingerprint density at radius 1 is 0.793 bits per heavy atom. The monoisotopic (exact) mass is 408 g/mol. The van der Waals surface area contributed by atoms with Crippen molar-refractivity contribution in [2.24, 2.45) is 5.14 Å². The summed E-state index contributed by atoms with van der Waals surface area (Å²) in [6.45, 7) is 1.91. The molecule has 0 saturated carbocycles. The number of rotatable bonds is 6. The lowest BCUT2D eigenvalue weighted by Gasteiger charge is -2.30. The van der Waals surface area contributed by atoms with Crippen molar-refractivity contribution < 1.29 is 13.2 Å². The molecule has 0 fully saturated rings. The number of likely N-dealkylation sites (N-methyl/N-ethyl adjacent to an activating group) is 1. The average Bonchev–Trinajstić information content (AvgIpc) is 2.74. The van der Waals surface area contributed by atoms with Crippen LogP contribution >= 0.6 is 0 Å². The number of amides is 1. The highest BCUT2D eigenvalue weighted by molar-refractivity contribution is 7.89. The highest BCUT2D eigenvalue weighted by Crippen LogP contribution is 2.30. The molecule has 0 unspecified atom stereocenters. The zero-order chi connectivity index (χ0) is 21.0. The molecule has 0 saturated heterocycles. The molecule has 0 aliphatic heterocycles. The van der Waals surface area contributed by atoms with Gasteiger partial charge < -0.3 is 4.90 Å². The SMILES string of the molecule is C[C@H](c1ccc(S(N)(=O)=O)cc1)N(C)C(=O)C(c1ccccc1)c1ccccc1. The number of hydrogen-bond acceptors (Lipinski definition) is 3. The van der Waals surface area contributed by atoms with Crippen LogP contribution < -0.4 is 5.14 Å². The molecule has 0 radical (unpaired) electrons. The summed E-state index contributed by atoms with van der Waals surface area (Å²) in [5, 5.41) is 5.17. The van der Waals surface area contributed by atoms with Crippen LogP contribution in [0, 0.1) is 0 Å². The Balaban J connectivity index is 1.91. The largest absolute Gasteiger partial charge is 0.338 e. The van der Waals surface area contributed by atoms with Gasteiger partial charge in [-0.1, -0.05) is 72.8 Å². The second kappa shape index (κ2) is 8.59. The van der Waals surface area contributed by atoms with E-state index < -0.39 is 15.9 Å². The van der Waals surface area contributed by atoms with Crippen LogP contribution in [0.4, 0.5) is 0 Å². The van der Waals surface area contributed by atoms with E-state index in [4.69, 9.17) is 5.14 Å². The number of nitrogens with zero attached hydrogens (tertiary/aromatic N) is 1. The molecule has 0 spiro atoms. The van der Waals surface area contributed by atoms with Gasteiger partial charge in [-0.25, -0.2) is 13.6 Å². The predicted molar refractivity (Wildman–Crippen MR) is 114 cm³/mol. The van der Waals surface area contributed by atoms with Gasteiger partial charge in [-0.3, -0.25) is 4.79 Å². The fourth-order valence-electron chi connectivity index (χ4n) is 3.32. The fourth-order valence-corrected chi connectivity index (χ4v) is 3.84. The van der Waals surface area contributed by atoms with E-state index in [1.165, 1.54) is 12.1 Å². The van der Waals surface area contributed by atoms with Crippen LogP contribution in [0.3, 0.4) is 0 Å². The first-order valence-electron chi connectivity index (χ1n) is 9.28. The van der Waals surface area contributed by atoms with Crippen molar-refractivity contribution in [3.05, 3.63) is 102 Å². The van der Waals surface area contributed by atoms with Crippen LogP contribution in [-0.4, -0.2) is 26.3 Å². The van der Waals surface area contributed by atoms with Crippen LogP contribution in [0.5, 0.6) is 0 Å². The van der Waals surface area contributed by atoms with Gasteiger partial charge in [-0.05, 0) is 35.7 Å². The van der Waals surface area contributed by atoms with E-state index in [1.54, 1.807) is 24.1 Å². The topological polar surface area (TPSA) is 80.5 Å². The maximum Gasteiger partial charge on any atom is 0.238 e. The Morgan fingerprint density at radius 2 is 1.24 bits per heavy atom. The lowest BCUT2D eigenvalue weighted by Crippen LogP contribution is -2.34. The third kappa shape index (κ3) is 4.72. The second-order valence-electron chi connectivity index (χ2n) is 6.99. The maximum absolute atomic E-state index is 13.5. The minimum Gasteiger partial charge on any atom is -0.338 e. The van der Waals surface area contributed by atoms with Gasteiger partial charge in [0.05, 0.1) is 16.9 Å². The molecule has 150 valence electrons. The first-order valence-corrected chi connectivity index (χ1v) is 10.8. The molecule has 0 aliphatic rings. The quantitative estimate of drug-likeness (QED) is 0.675. The Hall–Kier alpha value is -2.96. The molecule has 3 aromatic carbocycles. The minimum atomic E-state index is -3.75. The highest BCUT2D eigenvalue weighted by Gasteiger charge is 2.28. The van der Waals surface area contributed by atoms with E-state index >= 15 is 0 Å². The number of carbonyl (C=O) groups excluding carboxylic acids is 1. The van der Waals surface area contributed by atoms with Crippen LogP contribution in [0.1, 0.15) is 35.6 Å². The van der Waals surface area contributed by atoms with Gasteiger partial charge in [0.2, 0.25) is 15.9 Å². The number of benzene rings is 3. The summed E-state index contributed by atoms with van der Waals surface area (Å²) in [7, 11) is -1.98. The molecule has 5 nitrogen and oxygen atoms in total. The molecule has 3 rings (SSSR count). The molecular formula is C23H24N2O3S. The molecule has 3 aromatic rings. The van der Waals surface area contributed by atoms with Gasteiger partial charge in [-0.15, -0.1) is 0 Å². The van der Waals surface area contributed by atoms with E-state index in [0.717, 1.165) is 16.7 Å². The molecule has 29 heavy (non-hydrogen) atoms. The number of hydrogen-bond donors (Lipinski definition) is 1. The van der Waals surface area contributed by atoms with E-state index in [-0.39, 0.29) is 16.8 Å². The summed E-state index contributed by atoms with van der Waals surface area (Å²) in [6, 6.07) is 25.4. The summed E-state index contributed by atoms with van der Waals surface area (Å²) in [4.78, 5) is 15.2. The van der Waals surface area contributed by atoms with E-state index in [1.807, 2.05) is 67.6 Å². The lowest BCUT2D eigenvalue weighted by atomic mass is 9.89. The van der Waals surface area contributed by atoms with Crippen LogP contribution in [0.25, 0.3) is 0 Å². The molecule has 1 atom stereocenters. The second-order valence-corrected chi connectivity index (χ2v) is 8.55.